The monoisotopic (exact) mass is 255 g/mol. The highest BCUT2D eigenvalue weighted by Gasteiger charge is 2.05. The molecule has 0 aliphatic heterocycles. The van der Waals surface area contributed by atoms with E-state index in [1.165, 1.54) is 10.5 Å². The summed E-state index contributed by atoms with van der Waals surface area (Å²) in [6.45, 7) is 6.08. The Balaban J connectivity index is 2.37. The maximum Gasteiger partial charge on any atom is 0.0417 e. The molecule has 0 bridgehead atoms. The van der Waals surface area contributed by atoms with Crippen LogP contribution in [0.5, 0.6) is 0 Å². The first-order chi connectivity index (χ1) is 7.61. The van der Waals surface area contributed by atoms with Crippen molar-refractivity contribution in [3.8, 4) is 0 Å². The predicted molar refractivity (Wildman–Crippen MR) is 74.2 cm³/mol. The zero-order valence-electron chi connectivity index (χ0n) is 9.58. The van der Waals surface area contributed by atoms with Gasteiger partial charge in [0.2, 0.25) is 0 Å². The van der Waals surface area contributed by atoms with Crippen LogP contribution in [-0.2, 0) is 0 Å². The Bertz CT molecular complexity index is 352. The molecule has 0 saturated carbocycles. The van der Waals surface area contributed by atoms with Crippen molar-refractivity contribution >= 4 is 23.4 Å². The average molecular weight is 256 g/mol. The lowest BCUT2D eigenvalue weighted by Gasteiger charge is -2.12. The lowest BCUT2D eigenvalue weighted by molar-refractivity contribution is 0.726. The molecule has 0 aromatic heterocycles. The quantitative estimate of drug-likeness (QED) is 0.611. The normalized spacial score (nSPS) is 12.4. The van der Waals surface area contributed by atoms with Gasteiger partial charge in [-0.25, -0.2) is 0 Å². The zero-order valence-corrected chi connectivity index (χ0v) is 11.2. The van der Waals surface area contributed by atoms with Gasteiger partial charge in [0.15, 0.2) is 0 Å². The van der Waals surface area contributed by atoms with Crippen molar-refractivity contribution < 1.29 is 0 Å². The lowest BCUT2D eigenvalue weighted by Crippen LogP contribution is -2.23. The molecular weight excluding hydrogens is 238 g/mol. The molecule has 1 nitrogen and oxygen atoms in total. The molecule has 0 saturated heterocycles. The summed E-state index contributed by atoms with van der Waals surface area (Å²) in [7, 11) is 0. The highest BCUT2D eigenvalue weighted by atomic mass is 35.5. The molecule has 0 radical (unpaired) electrons. The molecule has 2 N–H and O–H groups in total. The summed E-state index contributed by atoms with van der Waals surface area (Å²) in [6.07, 6.45) is 1.92. The van der Waals surface area contributed by atoms with Crippen LogP contribution in [-0.4, -0.2) is 11.8 Å². The van der Waals surface area contributed by atoms with E-state index in [1.54, 1.807) is 11.8 Å². The Labute approximate surface area is 107 Å². The number of hydrogen-bond acceptors (Lipinski definition) is 2. The number of thioether (sulfide) groups is 1. The van der Waals surface area contributed by atoms with Gasteiger partial charge in [0.05, 0.1) is 0 Å². The molecule has 3 heteroatoms. The molecule has 1 atom stereocenters. The van der Waals surface area contributed by atoms with Crippen LogP contribution >= 0.6 is 23.4 Å². The summed E-state index contributed by atoms with van der Waals surface area (Å²) in [4.78, 5) is 1.17. The van der Waals surface area contributed by atoms with Crippen molar-refractivity contribution in [2.24, 2.45) is 5.73 Å². The molecule has 0 fully saturated rings. The maximum absolute atomic E-state index is 6.02. The van der Waals surface area contributed by atoms with Gasteiger partial charge in [0, 0.05) is 21.7 Å². The van der Waals surface area contributed by atoms with Crippen LogP contribution in [0.15, 0.2) is 41.3 Å². The number of nitrogens with two attached hydrogens (primary N) is 1. The smallest absolute Gasteiger partial charge is 0.0417 e. The summed E-state index contributed by atoms with van der Waals surface area (Å²) >= 11 is 7.65. The number of hydrogen-bond donors (Lipinski definition) is 1. The predicted octanol–water partition coefficient (Wildman–Crippen LogP) is 4.12. The van der Waals surface area contributed by atoms with Crippen molar-refractivity contribution in [3.05, 3.63) is 41.4 Å². The lowest BCUT2D eigenvalue weighted by atomic mass is 10.1. The molecule has 0 amide bonds. The van der Waals surface area contributed by atoms with Crippen LogP contribution in [0.1, 0.15) is 19.8 Å². The minimum Gasteiger partial charge on any atom is -0.327 e. The molecule has 16 heavy (non-hydrogen) atoms. The first-order valence-electron chi connectivity index (χ1n) is 5.42. The SMILES string of the molecule is C=C(CC)CC(N)CSc1cccc(Cl)c1. The average Bonchev–Trinajstić information content (AvgIpc) is 2.26. The fourth-order valence-electron chi connectivity index (χ4n) is 1.33. The minimum absolute atomic E-state index is 0.177. The van der Waals surface area contributed by atoms with Gasteiger partial charge in [-0.3, -0.25) is 0 Å². The molecule has 88 valence electrons. The van der Waals surface area contributed by atoms with Crippen LogP contribution < -0.4 is 5.73 Å². The summed E-state index contributed by atoms with van der Waals surface area (Å²) in [5.74, 6) is 0.902. The van der Waals surface area contributed by atoms with E-state index < -0.39 is 0 Å². The van der Waals surface area contributed by atoms with Gasteiger partial charge >= 0.3 is 0 Å². The van der Waals surface area contributed by atoms with E-state index >= 15 is 0 Å². The van der Waals surface area contributed by atoms with Crippen molar-refractivity contribution in [2.75, 3.05) is 5.75 Å². The van der Waals surface area contributed by atoms with Crippen molar-refractivity contribution in [1.29, 1.82) is 0 Å². The summed E-state index contributed by atoms with van der Waals surface area (Å²) in [6, 6.07) is 8.04. The second kappa shape index (κ2) is 7.00. The fraction of sp³-hybridized carbons (Fsp3) is 0.385. The van der Waals surface area contributed by atoms with E-state index in [4.69, 9.17) is 17.3 Å². The molecule has 0 heterocycles. The first kappa shape index (κ1) is 13.6. The second-order valence-electron chi connectivity index (χ2n) is 3.84. The van der Waals surface area contributed by atoms with Gasteiger partial charge in [-0.05, 0) is 31.0 Å². The van der Waals surface area contributed by atoms with Gasteiger partial charge in [0.1, 0.15) is 0 Å². The Morgan fingerprint density at radius 3 is 2.94 bits per heavy atom. The Kier molecular flexibility index (Phi) is 5.96. The third-order valence-corrected chi connectivity index (χ3v) is 3.73. The van der Waals surface area contributed by atoms with E-state index in [-0.39, 0.29) is 6.04 Å². The number of rotatable bonds is 6. The highest BCUT2D eigenvalue weighted by molar-refractivity contribution is 7.99. The molecule has 1 aromatic carbocycles. The van der Waals surface area contributed by atoms with Crippen LogP contribution in [0.2, 0.25) is 5.02 Å². The number of benzene rings is 1. The highest BCUT2D eigenvalue weighted by Crippen LogP contribution is 2.23. The van der Waals surface area contributed by atoms with Gasteiger partial charge in [-0.15, -0.1) is 11.8 Å². The Hall–Kier alpha value is -0.440. The van der Waals surface area contributed by atoms with Gasteiger partial charge in [-0.2, -0.15) is 0 Å². The van der Waals surface area contributed by atoms with E-state index in [9.17, 15) is 0 Å². The third-order valence-electron chi connectivity index (χ3n) is 2.31. The minimum atomic E-state index is 0.177. The summed E-state index contributed by atoms with van der Waals surface area (Å²) in [5, 5.41) is 0.775. The van der Waals surface area contributed by atoms with Crippen LogP contribution in [0, 0.1) is 0 Å². The largest absolute Gasteiger partial charge is 0.327 e. The molecule has 0 spiro atoms. The van der Waals surface area contributed by atoms with E-state index in [1.807, 2.05) is 18.2 Å². The summed E-state index contributed by atoms with van der Waals surface area (Å²) in [5.41, 5.74) is 7.24. The molecule has 1 unspecified atom stereocenters. The van der Waals surface area contributed by atoms with Gasteiger partial charge < -0.3 is 5.73 Å². The van der Waals surface area contributed by atoms with Crippen LogP contribution in [0.25, 0.3) is 0 Å². The molecule has 0 aliphatic rings. The van der Waals surface area contributed by atoms with Crippen LogP contribution in [0.3, 0.4) is 0 Å². The van der Waals surface area contributed by atoms with E-state index in [0.29, 0.717) is 0 Å². The molecule has 0 aliphatic carbocycles. The van der Waals surface area contributed by atoms with Gasteiger partial charge in [0.25, 0.3) is 0 Å². The third kappa shape index (κ3) is 5.06. The van der Waals surface area contributed by atoms with E-state index in [2.05, 4.69) is 19.6 Å². The second-order valence-corrected chi connectivity index (χ2v) is 5.37. The standard InChI is InChI=1S/C13H18ClNS/c1-3-10(2)7-12(15)9-16-13-6-4-5-11(14)8-13/h4-6,8,12H,2-3,7,9,15H2,1H3. The molecule has 1 rings (SSSR count). The zero-order chi connectivity index (χ0) is 12.0. The Morgan fingerprint density at radius 2 is 2.31 bits per heavy atom. The summed E-state index contributed by atoms with van der Waals surface area (Å²) < 4.78 is 0. The molecule has 1 aromatic rings. The number of halogens is 1. The van der Waals surface area contributed by atoms with E-state index in [0.717, 1.165) is 23.6 Å². The van der Waals surface area contributed by atoms with Crippen molar-refractivity contribution in [2.45, 2.75) is 30.7 Å². The van der Waals surface area contributed by atoms with Gasteiger partial charge in [-0.1, -0.05) is 36.7 Å². The van der Waals surface area contributed by atoms with Crippen LogP contribution in [0.4, 0.5) is 0 Å². The Morgan fingerprint density at radius 1 is 1.56 bits per heavy atom. The maximum atomic E-state index is 6.02. The topological polar surface area (TPSA) is 26.0 Å². The first-order valence-corrected chi connectivity index (χ1v) is 6.78. The fourth-order valence-corrected chi connectivity index (χ4v) is 2.50. The molecular formula is C13H18ClNS. The van der Waals surface area contributed by atoms with Crippen molar-refractivity contribution in [3.63, 3.8) is 0 Å². The van der Waals surface area contributed by atoms with Crippen molar-refractivity contribution in [1.82, 2.24) is 0 Å².